The fraction of sp³-hybridized carbons (Fsp3) is 0.200. The first-order chi connectivity index (χ1) is 8.27. The summed E-state index contributed by atoms with van der Waals surface area (Å²) in [7, 11) is -0.315. The lowest BCUT2D eigenvalue weighted by Crippen LogP contribution is -2.25. The second kappa shape index (κ2) is 5.95. The molecule has 1 atom stereocenters. The molecule has 0 aliphatic rings. The van der Waals surface area contributed by atoms with E-state index in [4.69, 9.17) is 5.73 Å². The molecule has 0 saturated carbocycles. The molecule has 0 heterocycles. The number of hydrogen-bond acceptors (Lipinski definition) is 1. The number of nitrogens with two attached hydrogens (primary N) is 1. The van der Waals surface area contributed by atoms with Crippen molar-refractivity contribution in [2.45, 2.75) is 13.0 Å². The molecule has 2 rings (SSSR count). The van der Waals surface area contributed by atoms with Gasteiger partial charge in [0, 0.05) is 6.04 Å². The van der Waals surface area contributed by atoms with E-state index < -0.39 is 0 Å². The summed E-state index contributed by atoms with van der Waals surface area (Å²) in [6.07, 6.45) is 1.04. The van der Waals surface area contributed by atoms with Gasteiger partial charge in [-0.15, -0.1) is 0 Å². The van der Waals surface area contributed by atoms with Crippen LogP contribution in [0.1, 0.15) is 6.92 Å². The van der Waals surface area contributed by atoms with E-state index in [0.29, 0.717) is 0 Å². The average Bonchev–Trinajstić information content (AvgIpc) is 2.38. The first kappa shape index (κ1) is 12.3. The Kier molecular flexibility index (Phi) is 4.30. The van der Waals surface area contributed by atoms with Gasteiger partial charge in [-0.2, -0.15) is 0 Å². The molecule has 17 heavy (non-hydrogen) atoms. The maximum Gasteiger partial charge on any atom is 0.00557 e. The number of rotatable bonds is 4. The number of benzene rings is 2. The number of hydrogen-bond donors (Lipinski definition) is 1. The van der Waals surface area contributed by atoms with Crippen molar-refractivity contribution >= 4 is 18.5 Å². The summed E-state index contributed by atoms with van der Waals surface area (Å²) in [6.45, 7) is 2.08. The van der Waals surface area contributed by atoms with Crippen LogP contribution < -0.4 is 16.3 Å². The second-order valence-corrected chi connectivity index (χ2v) is 6.51. The fourth-order valence-electron chi connectivity index (χ4n) is 1.86. The molecule has 0 aliphatic carbocycles. The van der Waals surface area contributed by atoms with Crippen molar-refractivity contribution in [2.75, 3.05) is 6.16 Å². The van der Waals surface area contributed by atoms with Gasteiger partial charge in [0.2, 0.25) is 0 Å². The molecule has 0 unspecified atom stereocenters. The van der Waals surface area contributed by atoms with Gasteiger partial charge < -0.3 is 5.73 Å². The van der Waals surface area contributed by atoms with Crippen LogP contribution in [-0.4, -0.2) is 12.2 Å². The van der Waals surface area contributed by atoms with Crippen LogP contribution in [0.4, 0.5) is 0 Å². The maximum absolute atomic E-state index is 5.98. The van der Waals surface area contributed by atoms with Crippen molar-refractivity contribution < 1.29 is 0 Å². The minimum absolute atomic E-state index is 0.238. The summed E-state index contributed by atoms with van der Waals surface area (Å²) < 4.78 is 0. The molecule has 1 nitrogen and oxygen atoms in total. The summed E-state index contributed by atoms with van der Waals surface area (Å²) in [5.41, 5.74) is 5.98. The Morgan fingerprint density at radius 3 is 1.65 bits per heavy atom. The van der Waals surface area contributed by atoms with Crippen LogP contribution in [0, 0.1) is 0 Å². The highest BCUT2D eigenvalue weighted by Gasteiger charge is 2.14. The highest BCUT2D eigenvalue weighted by molar-refractivity contribution is 7.73. The maximum atomic E-state index is 5.98. The van der Waals surface area contributed by atoms with E-state index in [2.05, 4.69) is 67.6 Å². The van der Waals surface area contributed by atoms with Crippen LogP contribution in [-0.2, 0) is 0 Å². The van der Waals surface area contributed by atoms with Gasteiger partial charge in [0.15, 0.2) is 0 Å². The van der Waals surface area contributed by atoms with E-state index in [0.717, 1.165) is 6.16 Å². The zero-order valence-electron chi connectivity index (χ0n) is 10.1. The predicted molar refractivity (Wildman–Crippen MR) is 77.6 cm³/mol. The highest BCUT2D eigenvalue weighted by Crippen LogP contribution is 2.33. The molecule has 0 bridgehead atoms. The van der Waals surface area contributed by atoms with Gasteiger partial charge >= 0.3 is 0 Å². The minimum atomic E-state index is -0.315. The molecule has 0 amide bonds. The van der Waals surface area contributed by atoms with Crippen molar-refractivity contribution in [3.8, 4) is 0 Å². The Labute approximate surface area is 104 Å². The first-order valence-corrected chi connectivity index (χ1v) is 7.43. The molecule has 2 N–H and O–H groups in total. The van der Waals surface area contributed by atoms with Gasteiger partial charge in [-0.1, -0.05) is 60.7 Å². The topological polar surface area (TPSA) is 26.0 Å². The van der Waals surface area contributed by atoms with Gasteiger partial charge in [0.25, 0.3) is 0 Å². The van der Waals surface area contributed by atoms with Crippen LogP contribution >= 0.6 is 7.92 Å². The molecule has 0 fully saturated rings. The van der Waals surface area contributed by atoms with Crippen LogP contribution in [0.25, 0.3) is 0 Å². The quantitative estimate of drug-likeness (QED) is 0.820. The molecule has 0 aromatic heterocycles. The zero-order valence-corrected chi connectivity index (χ0v) is 11.0. The third kappa shape index (κ3) is 3.39. The predicted octanol–water partition coefficient (Wildman–Crippen LogP) is 2.47. The van der Waals surface area contributed by atoms with Gasteiger partial charge in [-0.05, 0) is 31.6 Å². The molecule has 0 aliphatic heterocycles. The van der Waals surface area contributed by atoms with E-state index in [9.17, 15) is 0 Å². The van der Waals surface area contributed by atoms with E-state index >= 15 is 0 Å². The summed E-state index contributed by atoms with van der Waals surface area (Å²) in [5.74, 6) is 0. The third-order valence-electron chi connectivity index (χ3n) is 2.61. The van der Waals surface area contributed by atoms with Crippen LogP contribution in [0.2, 0.25) is 0 Å². The van der Waals surface area contributed by atoms with Crippen LogP contribution in [0.5, 0.6) is 0 Å². The van der Waals surface area contributed by atoms with E-state index in [1.807, 2.05) is 0 Å². The minimum Gasteiger partial charge on any atom is -0.328 e. The van der Waals surface area contributed by atoms with Gasteiger partial charge in [0.1, 0.15) is 0 Å². The van der Waals surface area contributed by atoms with Crippen LogP contribution in [0.15, 0.2) is 60.7 Å². The second-order valence-electron chi connectivity index (χ2n) is 4.26. The van der Waals surface area contributed by atoms with Gasteiger partial charge in [-0.3, -0.25) is 0 Å². The highest BCUT2D eigenvalue weighted by atomic mass is 31.1. The van der Waals surface area contributed by atoms with Crippen LogP contribution in [0.3, 0.4) is 0 Å². The normalized spacial score (nSPS) is 12.6. The Bertz CT molecular complexity index is 399. The summed E-state index contributed by atoms with van der Waals surface area (Å²) in [5, 5.41) is 2.82. The van der Waals surface area contributed by atoms with Crippen molar-refractivity contribution in [3.63, 3.8) is 0 Å². The van der Waals surface area contributed by atoms with E-state index in [1.54, 1.807) is 0 Å². The Balaban J connectivity index is 2.32. The summed E-state index contributed by atoms with van der Waals surface area (Å²) in [4.78, 5) is 0. The average molecular weight is 243 g/mol. The first-order valence-electron chi connectivity index (χ1n) is 5.90. The smallest absolute Gasteiger partial charge is 0.00557 e. The largest absolute Gasteiger partial charge is 0.328 e. The fourth-order valence-corrected chi connectivity index (χ4v) is 4.22. The molecule has 2 aromatic rings. The van der Waals surface area contributed by atoms with Crippen molar-refractivity contribution in [1.29, 1.82) is 0 Å². The third-order valence-corrected chi connectivity index (χ3v) is 5.39. The lowest BCUT2D eigenvalue weighted by Gasteiger charge is -2.20. The Hall–Kier alpha value is -1.17. The molecule has 0 spiro atoms. The van der Waals surface area contributed by atoms with Gasteiger partial charge in [0.05, 0.1) is 0 Å². The SMILES string of the molecule is C[C@@H](N)CP(c1ccccc1)c1ccccc1. The van der Waals surface area contributed by atoms with Gasteiger partial charge in [-0.25, -0.2) is 0 Å². The summed E-state index contributed by atoms with van der Waals surface area (Å²) in [6, 6.07) is 21.6. The van der Waals surface area contributed by atoms with Crippen molar-refractivity contribution in [1.82, 2.24) is 0 Å². The van der Waals surface area contributed by atoms with E-state index in [-0.39, 0.29) is 14.0 Å². The molecule has 88 valence electrons. The van der Waals surface area contributed by atoms with Crippen molar-refractivity contribution in [3.05, 3.63) is 60.7 Å². The van der Waals surface area contributed by atoms with Crippen molar-refractivity contribution in [2.24, 2.45) is 5.73 Å². The standard InChI is InChI=1S/C15H18NP/c1-13(16)12-17(14-8-4-2-5-9-14)15-10-6-3-7-11-15/h2-11,13H,12,16H2,1H3/t13-/m1/s1. The molecule has 0 radical (unpaired) electrons. The summed E-state index contributed by atoms with van der Waals surface area (Å²) >= 11 is 0. The molecule has 0 saturated heterocycles. The lowest BCUT2D eigenvalue weighted by atomic mass is 10.4. The molecular formula is C15H18NP. The Morgan fingerprint density at radius 2 is 1.29 bits per heavy atom. The zero-order chi connectivity index (χ0) is 12.1. The monoisotopic (exact) mass is 243 g/mol. The molecule has 2 heteroatoms. The molecular weight excluding hydrogens is 225 g/mol. The Morgan fingerprint density at radius 1 is 0.882 bits per heavy atom. The lowest BCUT2D eigenvalue weighted by molar-refractivity contribution is 0.844. The van der Waals surface area contributed by atoms with E-state index in [1.165, 1.54) is 10.6 Å². The molecule has 2 aromatic carbocycles.